The fraction of sp³-hybridized carbons (Fsp3) is 0.118. The number of hydrogen-bond acceptors (Lipinski definition) is 8. The number of carbonyl (C=O) groups is 2. The molecule has 1 aliphatic rings. The Morgan fingerprint density at radius 3 is 2.70 bits per heavy atom. The van der Waals surface area contributed by atoms with Gasteiger partial charge in [-0.05, 0) is 40.3 Å². The van der Waals surface area contributed by atoms with Crippen LogP contribution < -0.4 is 5.32 Å². The Bertz CT molecular complexity index is 1040. The summed E-state index contributed by atoms with van der Waals surface area (Å²) in [5.41, 5.74) is 0.700. The number of ketones is 1. The minimum Gasteiger partial charge on any atom is -0.464 e. The highest BCUT2D eigenvalue weighted by Gasteiger charge is 2.39. The largest absolute Gasteiger partial charge is 0.464 e. The van der Waals surface area contributed by atoms with Gasteiger partial charge in [-0.3, -0.25) is 4.79 Å². The van der Waals surface area contributed by atoms with E-state index in [1.165, 1.54) is 24.1 Å². The number of nitrogens with one attached hydrogen (secondary N) is 1. The molecule has 0 amide bonds. The first-order valence-corrected chi connectivity index (χ1v) is 8.19. The number of rotatable bonds is 4. The van der Waals surface area contributed by atoms with Gasteiger partial charge >= 0.3 is 5.97 Å². The lowest BCUT2D eigenvalue weighted by Gasteiger charge is -2.27. The second-order valence-electron chi connectivity index (χ2n) is 5.61. The molecule has 0 unspecified atom stereocenters. The standard InChI is InChI=1S/C17H12ClN5O4/c1-26-16(25)13-12(15(24)11-3-2-8-27-11)14(9-4-6-10(18)7-5-9)23-17(19-13)20-21-22-23/h2-8,14H,1H3,(H,19,20,22)/t14-/m1/s1. The second kappa shape index (κ2) is 6.69. The fourth-order valence-electron chi connectivity index (χ4n) is 2.88. The van der Waals surface area contributed by atoms with Gasteiger partial charge in [0.2, 0.25) is 11.7 Å². The average Bonchev–Trinajstić information content (AvgIpc) is 3.37. The summed E-state index contributed by atoms with van der Waals surface area (Å²) in [6, 6.07) is 9.13. The number of carbonyl (C=O) groups excluding carboxylic acids is 2. The smallest absolute Gasteiger partial charge is 0.355 e. The highest BCUT2D eigenvalue weighted by molar-refractivity contribution is 6.30. The molecule has 0 fully saturated rings. The first-order valence-electron chi connectivity index (χ1n) is 7.81. The number of anilines is 1. The molecule has 0 bridgehead atoms. The molecule has 1 aliphatic heterocycles. The molecule has 1 N–H and O–H groups in total. The molecule has 1 atom stereocenters. The number of aromatic nitrogens is 4. The van der Waals surface area contributed by atoms with Crippen LogP contribution in [0.5, 0.6) is 0 Å². The second-order valence-corrected chi connectivity index (χ2v) is 6.05. The summed E-state index contributed by atoms with van der Waals surface area (Å²) in [5.74, 6) is -0.942. The molecule has 0 aliphatic carbocycles. The Labute approximate surface area is 157 Å². The van der Waals surface area contributed by atoms with E-state index in [1.807, 2.05) is 0 Å². The quantitative estimate of drug-likeness (QED) is 0.537. The molecule has 0 saturated carbocycles. The number of allylic oxidation sites excluding steroid dienone is 1. The average molecular weight is 386 g/mol. The summed E-state index contributed by atoms with van der Waals surface area (Å²) in [7, 11) is 1.22. The van der Waals surface area contributed by atoms with Crippen molar-refractivity contribution < 1.29 is 18.7 Å². The topological polar surface area (TPSA) is 112 Å². The van der Waals surface area contributed by atoms with Crippen LogP contribution in [0.25, 0.3) is 0 Å². The Balaban J connectivity index is 1.95. The van der Waals surface area contributed by atoms with Gasteiger partial charge in [0, 0.05) is 5.02 Å². The van der Waals surface area contributed by atoms with Gasteiger partial charge in [0.1, 0.15) is 11.7 Å². The van der Waals surface area contributed by atoms with E-state index in [0.717, 1.165) is 0 Å². The number of halogens is 1. The summed E-state index contributed by atoms with van der Waals surface area (Å²) in [4.78, 5) is 25.6. The fourth-order valence-corrected chi connectivity index (χ4v) is 3.01. The maximum absolute atomic E-state index is 13.2. The monoisotopic (exact) mass is 385 g/mol. The van der Waals surface area contributed by atoms with Crippen LogP contribution in [0.1, 0.15) is 22.2 Å². The molecular weight excluding hydrogens is 374 g/mol. The summed E-state index contributed by atoms with van der Waals surface area (Å²) in [6.45, 7) is 0. The van der Waals surface area contributed by atoms with Crippen LogP contribution >= 0.6 is 11.6 Å². The summed E-state index contributed by atoms with van der Waals surface area (Å²) < 4.78 is 11.5. The Hall–Kier alpha value is -3.46. The molecule has 4 rings (SSSR count). The number of esters is 1. The number of furan rings is 1. The zero-order valence-corrected chi connectivity index (χ0v) is 14.7. The van der Waals surface area contributed by atoms with E-state index in [1.54, 1.807) is 30.3 Å². The minimum absolute atomic E-state index is 0.0545. The molecule has 3 aromatic rings. The molecule has 9 nitrogen and oxygen atoms in total. The maximum atomic E-state index is 13.2. The van der Waals surface area contributed by atoms with Gasteiger partial charge in [0.05, 0.1) is 18.9 Å². The number of Topliss-reactive ketones (excluding diaryl/α,β-unsaturated/α-hetero) is 1. The van der Waals surface area contributed by atoms with E-state index < -0.39 is 17.8 Å². The number of fused-ring (bicyclic) bond motifs is 1. The van der Waals surface area contributed by atoms with E-state index in [9.17, 15) is 9.59 Å². The van der Waals surface area contributed by atoms with Crippen molar-refractivity contribution in [2.24, 2.45) is 0 Å². The van der Waals surface area contributed by atoms with Crippen molar-refractivity contribution >= 4 is 29.3 Å². The van der Waals surface area contributed by atoms with Gasteiger partial charge in [-0.15, -0.1) is 0 Å². The van der Waals surface area contributed by atoms with Crippen molar-refractivity contribution in [3.63, 3.8) is 0 Å². The van der Waals surface area contributed by atoms with Crippen LogP contribution in [-0.4, -0.2) is 39.1 Å². The first kappa shape index (κ1) is 17.0. The van der Waals surface area contributed by atoms with Crippen molar-refractivity contribution in [1.82, 2.24) is 20.2 Å². The zero-order chi connectivity index (χ0) is 19.0. The van der Waals surface area contributed by atoms with Crippen molar-refractivity contribution in [1.29, 1.82) is 0 Å². The van der Waals surface area contributed by atoms with Crippen molar-refractivity contribution in [2.45, 2.75) is 6.04 Å². The zero-order valence-electron chi connectivity index (χ0n) is 13.9. The van der Waals surface area contributed by atoms with Gasteiger partial charge in [-0.2, -0.15) is 4.68 Å². The van der Waals surface area contributed by atoms with E-state index in [0.29, 0.717) is 10.6 Å². The predicted molar refractivity (Wildman–Crippen MR) is 93.1 cm³/mol. The summed E-state index contributed by atoms with van der Waals surface area (Å²) in [5, 5.41) is 14.8. The minimum atomic E-state index is -0.778. The molecular formula is C17H12ClN5O4. The van der Waals surface area contributed by atoms with E-state index in [4.69, 9.17) is 20.8 Å². The van der Waals surface area contributed by atoms with Gasteiger partial charge in [-0.25, -0.2) is 4.79 Å². The third kappa shape index (κ3) is 2.87. The lowest BCUT2D eigenvalue weighted by atomic mass is 9.91. The summed E-state index contributed by atoms with van der Waals surface area (Å²) in [6.07, 6.45) is 1.38. The first-order chi connectivity index (χ1) is 13.1. The third-order valence-corrected chi connectivity index (χ3v) is 4.33. The lowest BCUT2D eigenvalue weighted by molar-refractivity contribution is -0.136. The van der Waals surface area contributed by atoms with Crippen LogP contribution in [0.4, 0.5) is 5.95 Å². The van der Waals surface area contributed by atoms with E-state index in [2.05, 4.69) is 20.8 Å². The number of hydrogen-bond donors (Lipinski definition) is 1. The van der Waals surface area contributed by atoms with E-state index >= 15 is 0 Å². The Morgan fingerprint density at radius 2 is 2.04 bits per heavy atom. The van der Waals surface area contributed by atoms with Gasteiger partial charge < -0.3 is 14.5 Å². The number of nitrogens with zero attached hydrogens (tertiary/aromatic N) is 4. The predicted octanol–water partition coefficient (Wildman–Crippen LogP) is 2.24. The SMILES string of the molecule is COC(=O)C1=C(C(=O)c2ccco2)[C@@H](c2ccc(Cl)cc2)n2nnnc2N1. The number of benzene rings is 1. The van der Waals surface area contributed by atoms with Crippen molar-refractivity contribution in [2.75, 3.05) is 12.4 Å². The summed E-state index contributed by atoms with van der Waals surface area (Å²) >= 11 is 5.98. The third-order valence-electron chi connectivity index (χ3n) is 4.08. The van der Waals surface area contributed by atoms with E-state index in [-0.39, 0.29) is 23.0 Å². The van der Waals surface area contributed by atoms with Crippen LogP contribution in [0.2, 0.25) is 5.02 Å². The number of tetrazole rings is 1. The molecule has 0 saturated heterocycles. The Kier molecular flexibility index (Phi) is 4.21. The van der Waals surface area contributed by atoms with Gasteiger partial charge in [0.25, 0.3) is 0 Å². The Morgan fingerprint density at radius 1 is 1.26 bits per heavy atom. The van der Waals surface area contributed by atoms with Crippen molar-refractivity contribution in [3.05, 3.63) is 70.3 Å². The highest BCUT2D eigenvalue weighted by atomic mass is 35.5. The molecule has 27 heavy (non-hydrogen) atoms. The highest BCUT2D eigenvalue weighted by Crippen LogP contribution is 2.36. The van der Waals surface area contributed by atoms with Crippen LogP contribution in [0.15, 0.2) is 58.3 Å². The van der Waals surface area contributed by atoms with Gasteiger partial charge in [-0.1, -0.05) is 28.8 Å². The van der Waals surface area contributed by atoms with Crippen LogP contribution in [-0.2, 0) is 9.53 Å². The molecule has 3 heterocycles. The van der Waals surface area contributed by atoms with Gasteiger partial charge in [0.15, 0.2) is 5.76 Å². The molecule has 10 heteroatoms. The number of methoxy groups -OCH3 is 1. The molecule has 1 aromatic carbocycles. The molecule has 0 radical (unpaired) electrons. The number of ether oxygens (including phenoxy) is 1. The lowest BCUT2D eigenvalue weighted by Crippen LogP contribution is -2.32. The molecule has 2 aromatic heterocycles. The van der Waals surface area contributed by atoms with Crippen LogP contribution in [0.3, 0.4) is 0 Å². The molecule has 136 valence electrons. The van der Waals surface area contributed by atoms with Crippen molar-refractivity contribution in [3.8, 4) is 0 Å². The van der Waals surface area contributed by atoms with Crippen LogP contribution in [0, 0.1) is 0 Å². The maximum Gasteiger partial charge on any atom is 0.355 e. The molecule has 0 spiro atoms. The normalized spacial score (nSPS) is 15.9.